The Kier molecular flexibility index (Phi) is 4.50. The number of hydrogen-bond donors (Lipinski definition) is 3. The minimum Gasteiger partial charge on any atom is -0.494 e. The summed E-state index contributed by atoms with van der Waals surface area (Å²) < 4.78 is 10.6. The first kappa shape index (κ1) is 14.0. The molecule has 1 aromatic carbocycles. The second-order valence-corrected chi connectivity index (χ2v) is 5.02. The Bertz CT molecular complexity index is 419. The van der Waals surface area contributed by atoms with E-state index in [9.17, 15) is 5.11 Å². The molecule has 0 radical (unpaired) electrons. The van der Waals surface area contributed by atoms with Gasteiger partial charge in [-0.2, -0.15) is 0 Å². The predicted molar refractivity (Wildman–Crippen MR) is 75.5 cm³/mol. The second-order valence-electron chi connectivity index (χ2n) is 5.02. The Morgan fingerprint density at radius 1 is 1.47 bits per heavy atom. The summed E-state index contributed by atoms with van der Waals surface area (Å²) in [6.45, 7) is 4.02. The van der Waals surface area contributed by atoms with Gasteiger partial charge in [-0.1, -0.05) is 13.3 Å². The van der Waals surface area contributed by atoms with E-state index in [0.717, 1.165) is 24.3 Å². The summed E-state index contributed by atoms with van der Waals surface area (Å²) in [5.41, 5.74) is 6.63. The quantitative estimate of drug-likeness (QED) is 0.516. The smallest absolute Gasteiger partial charge is 0.128 e. The minimum atomic E-state index is -0.761. The van der Waals surface area contributed by atoms with Crippen molar-refractivity contribution in [1.29, 1.82) is 0 Å². The molecule has 5 heteroatoms. The van der Waals surface area contributed by atoms with Gasteiger partial charge in [-0.3, -0.25) is 0 Å². The number of nitrogen functional groups attached to an aromatic ring is 1. The molecule has 0 amide bonds. The zero-order valence-electron chi connectivity index (χ0n) is 11.3. The highest BCUT2D eigenvalue weighted by Gasteiger charge is 2.35. The third kappa shape index (κ3) is 3.75. The molecule has 0 aromatic heterocycles. The number of benzene rings is 1. The molecule has 19 heavy (non-hydrogen) atoms. The van der Waals surface area contributed by atoms with Gasteiger partial charge in [-0.15, -0.1) is 0 Å². The van der Waals surface area contributed by atoms with Gasteiger partial charge in [0.25, 0.3) is 0 Å². The second kappa shape index (κ2) is 6.12. The average Bonchev–Trinajstić information content (AvgIpc) is 2.36. The van der Waals surface area contributed by atoms with Crippen LogP contribution in [-0.2, 0) is 4.74 Å². The molecule has 5 nitrogen and oxygen atoms in total. The van der Waals surface area contributed by atoms with E-state index in [-0.39, 0.29) is 0 Å². The summed E-state index contributed by atoms with van der Waals surface area (Å²) in [5, 5.41) is 13.0. The third-order valence-electron chi connectivity index (χ3n) is 3.14. The summed E-state index contributed by atoms with van der Waals surface area (Å²) in [7, 11) is 0. The zero-order chi connectivity index (χ0) is 13.7. The van der Waals surface area contributed by atoms with Crippen LogP contribution in [0.1, 0.15) is 19.8 Å². The lowest BCUT2D eigenvalue weighted by atomic mass is 10.0. The van der Waals surface area contributed by atoms with Crippen molar-refractivity contribution in [1.82, 2.24) is 0 Å². The molecule has 1 aromatic rings. The standard InChI is InChI=1S/C14H22N2O3/c1-2-3-6-19-11-4-5-13(12(15)7-11)16-8-14(17)9-18-10-14/h4-5,7,16-17H,2-3,6,8-10,15H2,1H3. The largest absolute Gasteiger partial charge is 0.494 e. The number of anilines is 2. The number of unbranched alkanes of at least 4 members (excludes halogenated alkanes) is 1. The van der Waals surface area contributed by atoms with Gasteiger partial charge in [-0.05, 0) is 18.6 Å². The molecule has 4 N–H and O–H groups in total. The molecule has 1 fully saturated rings. The third-order valence-corrected chi connectivity index (χ3v) is 3.14. The zero-order valence-corrected chi connectivity index (χ0v) is 11.3. The topological polar surface area (TPSA) is 76.7 Å². The Morgan fingerprint density at radius 3 is 2.84 bits per heavy atom. The van der Waals surface area contributed by atoms with E-state index in [4.69, 9.17) is 15.2 Å². The van der Waals surface area contributed by atoms with Crippen molar-refractivity contribution in [2.24, 2.45) is 0 Å². The van der Waals surface area contributed by atoms with Crippen LogP contribution < -0.4 is 15.8 Å². The van der Waals surface area contributed by atoms with Gasteiger partial charge in [0.1, 0.15) is 11.4 Å². The SMILES string of the molecule is CCCCOc1ccc(NCC2(O)COC2)c(N)c1. The highest BCUT2D eigenvalue weighted by Crippen LogP contribution is 2.26. The van der Waals surface area contributed by atoms with Crippen LogP contribution in [-0.4, -0.2) is 37.1 Å². The summed E-state index contributed by atoms with van der Waals surface area (Å²) in [5.74, 6) is 0.780. The monoisotopic (exact) mass is 266 g/mol. The summed E-state index contributed by atoms with van der Waals surface area (Å²) >= 11 is 0. The van der Waals surface area contributed by atoms with Crippen LogP contribution in [0, 0.1) is 0 Å². The van der Waals surface area contributed by atoms with Crippen molar-refractivity contribution in [2.75, 3.05) is 37.4 Å². The van der Waals surface area contributed by atoms with Crippen molar-refractivity contribution < 1.29 is 14.6 Å². The van der Waals surface area contributed by atoms with Crippen LogP contribution in [0.25, 0.3) is 0 Å². The molecule has 0 spiro atoms. The number of hydrogen-bond acceptors (Lipinski definition) is 5. The van der Waals surface area contributed by atoms with Crippen LogP contribution in [0.2, 0.25) is 0 Å². The lowest BCUT2D eigenvalue weighted by molar-refractivity contribution is -0.168. The van der Waals surface area contributed by atoms with Crippen LogP contribution in [0.4, 0.5) is 11.4 Å². The molecule has 1 saturated heterocycles. The first-order chi connectivity index (χ1) is 9.13. The van der Waals surface area contributed by atoms with Crippen LogP contribution in [0.5, 0.6) is 5.75 Å². The Balaban J connectivity index is 1.87. The van der Waals surface area contributed by atoms with Gasteiger partial charge in [0.2, 0.25) is 0 Å². The summed E-state index contributed by atoms with van der Waals surface area (Å²) in [6, 6.07) is 5.56. The van der Waals surface area contributed by atoms with Crippen LogP contribution >= 0.6 is 0 Å². The first-order valence-electron chi connectivity index (χ1n) is 6.69. The fraction of sp³-hybridized carbons (Fsp3) is 0.571. The number of nitrogens with one attached hydrogen (secondary N) is 1. The molecular weight excluding hydrogens is 244 g/mol. The highest BCUT2D eigenvalue weighted by molar-refractivity contribution is 5.68. The molecule has 0 atom stereocenters. The van der Waals surface area contributed by atoms with Gasteiger partial charge >= 0.3 is 0 Å². The van der Waals surface area contributed by atoms with Gasteiger partial charge < -0.3 is 25.6 Å². The fourth-order valence-corrected chi connectivity index (χ4v) is 1.83. The van der Waals surface area contributed by atoms with E-state index < -0.39 is 5.60 Å². The molecule has 1 aliphatic heterocycles. The van der Waals surface area contributed by atoms with E-state index in [1.165, 1.54) is 0 Å². The molecule has 106 valence electrons. The van der Waals surface area contributed by atoms with Gasteiger partial charge in [0.05, 0.1) is 31.2 Å². The normalized spacial score (nSPS) is 16.7. The summed E-state index contributed by atoms with van der Waals surface area (Å²) in [6.07, 6.45) is 2.14. The van der Waals surface area contributed by atoms with E-state index in [1.807, 2.05) is 12.1 Å². The van der Waals surface area contributed by atoms with E-state index >= 15 is 0 Å². The minimum absolute atomic E-state index is 0.373. The lowest BCUT2D eigenvalue weighted by Crippen LogP contribution is -2.54. The molecule has 0 aliphatic carbocycles. The number of aliphatic hydroxyl groups is 1. The van der Waals surface area contributed by atoms with Crippen LogP contribution in [0.15, 0.2) is 18.2 Å². The molecule has 0 saturated carbocycles. The van der Waals surface area contributed by atoms with Crippen LogP contribution in [0.3, 0.4) is 0 Å². The van der Waals surface area contributed by atoms with E-state index in [0.29, 0.717) is 32.1 Å². The highest BCUT2D eigenvalue weighted by atomic mass is 16.5. The predicted octanol–water partition coefficient (Wildman–Crippen LogP) is 1.62. The van der Waals surface area contributed by atoms with Crippen molar-refractivity contribution in [3.05, 3.63) is 18.2 Å². The molecular formula is C14H22N2O3. The maximum absolute atomic E-state index is 9.91. The Labute approximate surface area is 113 Å². The number of nitrogens with two attached hydrogens (primary N) is 1. The molecule has 1 aliphatic rings. The van der Waals surface area contributed by atoms with Gasteiger partial charge in [-0.25, -0.2) is 0 Å². The van der Waals surface area contributed by atoms with E-state index in [1.54, 1.807) is 6.07 Å². The van der Waals surface area contributed by atoms with Crippen molar-refractivity contribution in [3.63, 3.8) is 0 Å². The average molecular weight is 266 g/mol. The summed E-state index contributed by atoms with van der Waals surface area (Å²) in [4.78, 5) is 0. The van der Waals surface area contributed by atoms with Crippen molar-refractivity contribution >= 4 is 11.4 Å². The molecule has 2 rings (SSSR count). The molecule has 1 heterocycles. The lowest BCUT2D eigenvalue weighted by Gasteiger charge is -2.36. The van der Waals surface area contributed by atoms with Gasteiger partial charge in [0.15, 0.2) is 0 Å². The number of ether oxygens (including phenoxy) is 2. The Hall–Kier alpha value is -1.46. The molecule has 0 unspecified atom stereocenters. The van der Waals surface area contributed by atoms with E-state index in [2.05, 4.69) is 12.2 Å². The maximum Gasteiger partial charge on any atom is 0.128 e. The van der Waals surface area contributed by atoms with Crippen molar-refractivity contribution in [2.45, 2.75) is 25.4 Å². The Morgan fingerprint density at radius 2 is 2.26 bits per heavy atom. The molecule has 0 bridgehead atoms. The first-order valence-corrected chi connectivity index (χ1v) is 6.69. The fourth-order valence-electron chi connectivity index (χ4n) is 1.83. The van der Waals surface area contributed by atoms with Crippen molar-refractivity contribution in [3.8, 4) is 5.75 Å². The van der Waals surface area contributed by atoms with Gasteiger partial charge in [0, 0.05) is 12.6 Å². The number of rotatable bonds is 7. The maximum atomic E-state index is 9.91.